The van der Waals surface area contributed by atoms with Crippen molar-refractivity contribution in [3.05, 3.63) is 63.9 Å². The molecule has 98 valence electrons. The lowest BCUT2D eigenvalue weighted by atomic mass is 10.2. The molecule has 0 bridgehead atoms. The minimum Gasteiger partial charge on any atom is -0.317 e. The van der Waals surface area contributed by atoms with Crippen LogP contribution in [0.1, 0.15) is 10.4 Å². The molecule has 1 N–H and O–H groups in total. The molecule has 0 aliphatic rings. The molecule has 6 heteroatoms. The van der Waals surface area contributed by atoms with E-state index < -0.39 is 29.0 Å². The van der Waals surface area contributed by atoms with E-state index in [1.165, 1.54) is 18.2 Å². The molecule has 0 aromatic heterocycles. The third-order valence-electron chi connectivity index (χ3n) is 2.38. The molecule has 0 heterocycles. The number of benzene rings is 2. The number of amides is 1. The van der Waals surface area contributed by atoms with Gasteiger partial charge in [0.2, 0.25) is 0 Å². The quantitative estimate of drug-likeness (QED) is 0.882. The number of hydrogen-bond acceptors (Lipinski definition) is 1. The second kappa shape index (κ2) is 5.44. The number of anilines is 1. The van der Waals surface area contributed by atoms with Gasteiger partial charge in [0.1, 0.15) is 23.1 Å². The van der Waals surface area contributed by atoms with Gasteiger partial charge < -0.3 is 5.32 Å². The lowest BCUT2D eigenvalue weighted by Crippen LogP contribution is -2.14. The highest BCUT2D eigenvalue weighted by atomic mass is 79.9. The summed E-state index contributed by atoms with van der Waals surface area (Å²) in [6.45, 7) is 0. The Labute approximate surface area is 115 Å². The number of carbonyl (C=O) groups excluding carboxylic acids is 1. The fraction of sp³-hybridized carbons (Fsp3) is 0. The summed E-state index contributed by atoms with van der Waals surface area (Å²) in [4.78, 5) is 11.8. The zero-order valence-electron chi connectivity index (χ0n) is 9.38. The van der Waals surface area contributed by atoms with Crippen LogP contribution in [0.3, 0.4) is 0 Å². The number of carbonyl (C=O) groups is 1. The minimum absolute atomic E-state index is 0.0796. The second-order valence-electron chi connectivity index (χ2n) is 3.68. The van der Waals surface area contributed by atoms with Gasteiger partial charge in [-0.05, 0) is 46.3 Å². The van der Waals surface area contributed by atoms with E-state index in [0.717, 1.165) is 18.2 Å². The molecule has 2 rings (SSSR count). The van der Waals surface area contributed by atoms with Gasteiger partial charge in [-0.15, -0.1) is 0 Å². The van der Waals surface area contributed by atoms with Crippen LogP contribution in [0.2, 0.25) is 0 Å². The molecule has 2 aromatic rings. The van der Waals surface area contributed by atoms with Gasteiger partial charge in [0.15, 0.2) is 0 Å². The van der Waals surface area contributed by atoms with Crippen LogP contribution in [-0.2, 0) is 0 Å². The van der Waals surface area contributed by atoms with Crippen molar-refractivity contribution in [3.63, 3.8) is 0 Å². The van der Waals surface area contributed by atoms with Crippen LogP contribution in [0.25, 0.3) is 0 Å². The Hall–Kier alpha value is -1.82. The lowest BCUT2D eigenvalue weighted by Gasteiger charge is -2.07. The van der Waals surface area contributed by atoms with Crippen LogP contribution in [0.15, 0.2) is 40.9 Å². The number of para-hydroxylation sites is 1. The van der Waals surface area contributed by atoms with E-state index in [1.807, 2.05) is 0 Å². The van der Waals surface area contributed by atoms with Crippen molar-refractivity contribution in [2.24, 2.45) is 0 Å². The monoisotopic (exact) mass is 329 g/mol. The molecule has 0 spiro atoms. The Bertz CT molecular complexity index is 626. The summed E-state index contributed by atoms with van der Waals surface area (Å²) < 4.78 is 39.8. The third-order valence-corrected chi connectivity index (χ3v) is 2.99. The van der Waals surface area contributed by atoms with Crippen LogP contribution < -0.4 is 5.32 Å². The van der Waals surface area contributed by atoms with Gasteiger partial charge in [-0.25, -0.2) is 13.2 Å². The summed E-state index contributed by atoms with van der Waals surface area (Å²) in [6.07, 6.45) is 0. The van der Waals surface area contributed by atoms with Crippen LogP contribution >= 0.6 is 15.9 Å². The van der Waals surface area contributed by atoms with Crippen molar-refractivity contribution in [1.29, 1.82) is 0 Å². The first kappa shape index (κ1) is 13.6. The molecule has 0 radical (unpaired) electrons. The maximum atomic E-state index is 13.3. The maximum Gasteiger partial charge on any atom is 0.255 e. The first-order valence-corrected chi connectivity index (χ1v) is 5.99. The largest absolute Gasteiger partial charge is 0.317 e. The molecular weight excluding hydrogens is 323 g/mol. The SMILES string of the molecule is O=C(Nc1c(F)cccc1F)c1ccc(F)c(Br)c1. The Balaban J connectivity index is 2.28. The number of hydrogen-bond donors (Lipinski definition) is 1. The summed E-state index contributed by atoms with van der Waals surface area (Å²) in [5.41, 5.74) is -0.455. The molecule has 0 atom stereocenters. The molecule has 0 aliphatic heterocycles. The lowest BCUT2D eigenvalue weighted by molar-refractivity contribution is 0.102. The Morgan fingerprint density at radius 1 is 1.00 bits per heavy atom. The van der Waals surface area contributed by atoms with E-state index in [1.54, 1.807) is 0 Å². The standard InChI is InChI=1S/C13H7BrF3NO/c14-8-6-7(4-5-9(8)15)13(19)18-12-10(16)2-1-3-11(12)17/h1-6H,(H,18,19). The van der Waals surface area contributed by atoms with Gasteiger partial charge in [-0.3, -0.25) is 4.79 Å². The predicted octanol–water partition coefficient (Wildman–Crippen LogP) is 4.12. The van der Waals surface area contributed by atoms with Crippen molar-refractivity contribution >= 4 is 27.5 Å². The average molecular weight is 330 g/mol. The highest BCUT2D eigenvalue weighted by Gasteiger charge is 2.14. The first-order valence-electron chi connectivity index (χ1n) is 5.19. The smallest absolute Gasteiger partial charge is 0.255 e. The fourth-order valence-electron chi connectivity index (χ4n) is 1.44. The van der Waals surface area contributed by atoms with Crippen LogP contribution in [0, 0.1) is 17.5 Å². The average Bonchev–Trinajstić information content (AvgIpc) is 2.37. The summed E-state index contributed by atoms with van der Waals surface area (Å²) in [5, 5.41) is 2.11. The Kier molecular flexibility index (Phi) is 3.90. The van der Waals surface area contributed by atoms with E-state index in [-0.39, 0.29) is 10.0 Å². The molecule has 0 saturated carbocycles. The molecule has 2 aromatic carbocycles. The van der Waals surface area contributed by atoms with E-state index in [9.17, 15) is 18.0 Å². The van der Waals surface area contributed by atoms with Gasteiger partial charge in [0.05, 0.1) is 4.47 Å². The molecule has 1 amide bonds. The molecular formula is C13H7BrF3NO. The van der Waals surface area contributed by atoms with Gasteiger partial charge in [-0.2, -0.15) is 0 Å². The molecule has 19 heavy (non-hydrogen) atoms. The first-order chi connectivity index (χ1) is 8.99. The highest BCUT2D eigenvalue weighted by Crippen LogP contribution is 2.21. The van der Waals surface area contributed by atoms with Gasteiger partial charge in [0, 0.05) is 5.56 Å². The zero-order valence-corrected chi connectivity index (χ0v) is 11.0. The number of halogens is 4. The molecule has 0 fully saturated rings. The summed E-state index contributed by atoms with van der Waals surface area (Å²) in [6, 6.07) is 6.77. The van der Waals surface area contributed by atoms with Gasteiger partial charge in [-0.1, -0.05) is 6.07 Å². The second-order valence-corrected chi connectivity index (χ2v) is 4.53. The normalized spacial score (nSPS) is 10.3. The van der Waals surface area contributed by atoms with E-state index in [4.69, 9.17) is 0 Å². The van der Waals surface area contributed by atoms with Crippen molar-refractivity contribution < 1.29 is 18.0 Å². The van der Waals surface area contributed by atoms with Crippen LogP contribution in [0.4, 0.5) is 18.9 Å². The van der Waals surface area contributed by atoms with Gasteiger partial charge >= 0.3 is 0 Å². The summed E-state index contributed by atoms with van der Waals surface area (Å²) in [5.74, 6) is -3.03. The third kappa shape index (κ3) is 2.96. The number of rotatable bonds is 2. The number of nitrogens with one attached hydrogen (secondary N) is 1. The van der Waals surface area contributed by atoms with E-state index >= 15 is 0 Å². The van der Waals surface area contributed by atoms with Crippen LogP contribution in [0.5, 0.6) is 0 Å². The highest BCUT2D eigenvalue weighted by molar-refractivity contribution is 9.10. The topological polar surface area (TPSA) is 29.1 Å². The molecule has 0 saturated heterocycles. The fourth-order valence-corrected chi connectivity index (χ4v) is 1.82. The van der Waals surface area contributed by atoms with Gasteiger partial charge in [0.25, 0.3) is 5.91 Å². The summed E-state index contributed by atoms with van der Waals surface area (Å²) >= 11 is 2.93. The minimum atomic E-state index is -0.880. The Morgan fingerprint density at radius 3 is 2.21 bits per heavy atom. The molecule has 0 unspecified atom stereocenters. The van der Waals surface area contributed by atoms with E-state index in [2.05, 4.69) is 21.2 Å². The zero-order chi connectivity index (χ0) is 14.0. The van der Waals surface area contributed by atoms with Crippen molar-refractivity contribution in [2.75, 3.05) is 5.32 Å². The Morgan fingerprint density at radius 2 is 1.63 bits per heavy atom. The van der Waals surface area contributed by atoms with E-state index in [0.29, 0.717) is 0 Å². The summed E-state index contributed by atoms with van der Waals surface area (Å²) in [7, 11) is 0. The molecule has 2 nitrogen and oxygen atoms in total. The maximum absolute atomic E-state index is 13.3. The predicted molar refractivity (Wildman–Crippen MR) is 68.4 cm³/mol. The van der Waals surface area contributed by atoms with Crippen LogP contribution in [-0.4, -0.2) is 5.91 Å². The van der Waals surface area contributed by atoms with Crippen molar-refractivity contribution in [2.45, 2.75) is 0 Å². The van der Waals surface area contributed by atoms with Crippen molar-refractivity contribution in [1.82, 2.24) is 0 Å². The van der Waals surface area contributed by atoms with Crippen molar-refractivity contribution in [3.8, 4) is 0 Å². The molecule has 0 aliphatic carbocycles.